The fourth-order valence-electron chi connectivity index (χ4n) is 3.16. The maximum absolute atomic E-state index is 12.2. The topological polar surface area (TPSA) is 62.2 Å². The molecule has 1 aliphatic heterocycles. The van der Waals surface area contributed by atoms with Gasteiger partial charge in [-0.25, -0.2) is 9.78 Å². The van der Waals surface area contributed by atoms with E-state index in [0.717, 1.165) is 13.1 Å². The second-order valence-corrected chi connectivity index (χ2v) is 7.27. The van der Waals surface area contributed by atoms with Gasteiger partial charge in [-0.3, -0.25) is 4.90 Å². The molecule has 0 radical (unpaired) electrons. The van der Waals surface area contributed by atoms with Crippen LogP contribution in [0.25, 0.3) is 0 Å². The molecule has 1 aliphatic rings. The molecule has 0 aromatic carbocycles. The van der Waals surface area contributed by atoms with Crippen molar-refractivity contribution < 1.29 is 4.79 Å². The number of amides is 2. The van der Waals surface area contributed by atoms with E-state index in [2.05, 4.69) is 38.0 Å². The fraction of sp³-hybridized carbons (Fsp3) is 0.529. The molecule has 6 nitrogen and oxygen atoms in total. The highest BCUT2D eigenvalue weighted by atomic mass is 32.1. The maximum atomic E-state index is 12.2. The van der Waals surface area contributed by atoms with Gasteiger partial charge in [0.15, 0.2) is 0 Å². The highest BCUT2D eigenvalue weighted by Crippen LogP contribution is 2.27. The Labute approximate surface area is 146 Å². The molecule has 0 spiro atoms. The van der Waals surface area contributed by atoms with Crippen molar-refractivity contribution in [1.82, 2.24) is 25.1 Å². The van der Waals surface area contributed by atoms with Crippen LogP contribution in [0.15, 0.2) is 36.2 Å². The van der Waals surface area contributed by atoms with Gasteiger partial charge >= 0.3 is 6.03 Å². The summed E-state index contributed by atoms with van der Waals surface area (Å²) in [5.41, 5.74) is 0. The van der Waals surface area contributed by atoms with Gasteiger partial charge in [0.2, 0.25) is 0 Å². The van der Waals surface area contributed by atoms with Gasteiger partial charge in [0, 0.05) is 36.4 Å². The molecule has 0 bridgehead atoms. The molecule has 2 N–H and O–H groups in total. The normalized spacial score (nSPS) is 17.5. The Bertz CT molecular complexity index is 607. The number of carbonyl (C=O) groups is 1. The molecule has 2 amide bonds. The number of aromatic nitrogens is 2. The van der Waals surface area contributed by atoms with Gasteiger partial charge in [-0.05, 0) is 44.3 Å². The number of nitrogens with zero attached hydrogens (tertiary/aromatic N) is 3. The number of thiophene rings is 1. The first-order chi connectivity index (χ1) is 11.7. The van der Waals surface area contributed by atoms with Crippen molar-refractivity contribution >= 4 is 17.4 Å². The van der Waals surface area contributed by atoms with E-state index in [1.807, 2.05) is 17.7 Å². The number of carbonyl (C=O) groups excluding carboxylic acids is 1. The van der Waals surface area contributed by atoms with Gasteiger partial charge in [-0.15, -0.1) is 11.3 Å². The summed E-state index contributed by atoms with van der Waals surface area (Å²) in [5.74, 6) is 0. The zero-order valence-corrected chi connectivity index (χ0v) is 14.8. The average molecular weight is 347 g/mol. The second kappa shape index (κ2) is 8.30. The number of rotatable bonds is 7. The number of likely N-dealkylation sites (tertiary alicyclic amines) is 1. The quantitative estimate of drug-likeness (QED) is 0.809. The smallest absolute Gasteiger partial charge is 0.315 e. The van der Waals surface area contributed by atoms with Crippen LogP contribution >= 0.6 is 11.3 Å². The van der Waals surface area contributed by atoms with E-state index in [9.17, 15) is 4.79 Å². The SMILES string of the molecule is C[C@@H](Cn1ccnc1)NC(=O)NC[C@@H](c1cccs1)N1CCCC1. The lowest BCUT2D eigenvalue weighted by atomic mass is 10.2. The molecular formula is C17H25N5OS. The summed E-state index contributed by atoms with van der Waals surface area (Å²) in [5, 5.41) is 8.15. The first-order valence-corrected chi connectivity index (χ1v) is 9.38. The van der Waals surface area contributed by atoms with Crippen LogP contribution in [0.4, 0.5) is 4.79 Å². The van der Waals surface area contributed by atoms with Crippen LogP contribution in [0, 0.1) is 0 Å². The molecule has 1 saturated heterocycles. The van der Waals surface area contributed by atoms with E-state index in [4.69, 9.17) is 0 Å². The zero-order chi connectivity index (χ0) is 16.8. The first-order valence-electron chi connectivity index (χ1n) is 8.50. The highest BCUT2D eigenvalue weighted by Gasteiger charge is 2.24. The van der Waals surface area contributed by atoms with Crippen molar-refractivity contribution in [2.75, 3.05) is 19.6 Å². The summed E-state index contributed by atoms with van der Waals surface area (Å²) in [4.78, 5) is 20.0. The molecule has 0 saturated carbocycles. The third-order valence-corrected chi connectivity index (χ3v) is 5.30. The van der Waals surface area contributed by atoms with Crippen LogP contribution in [0.3, 0.4) is 0 Å². The minimum Gasteiger partial charge on any atom is -0.336 e. The minimum atomic E-state index is -0.108. The van der Waals surface area contributed by atoms with Crippen molar-refractivity contribution in [3.8, 4) is 0 Å². The third kappa shape index (κ3) is 4.58. The number of imidazole rings is 1. The Morgan fingerprint density at radius 2 is 2.25 bits per heavy atom. The molecule has 0 unspecified atom stereocenters. The Kier molecular flexibility index (Phi) is 5.87. The van der Waals surface area contributed by atoms with Gasteiger partial charge in [0.1, 0.15) is 0 Å². The lowest BCUT2D eigenvalue weighted by molar-refractivity contribution is 0.219. The predicted molar refractivity (Wildman–Crippen MR) is 96.1 cm³/mol. The number of nitrogens with one attached hydrogen (secondary N) is 2. The third-order valence-electron chi connectivity index (χ3n) is 4.33. The Hall–Kier alpha value is -1.86. The second-order valence-electron chi connectivity index (χ2n) is 6.29. The first kappa shape index (κ1) is 17.0. The number of hydrogen-bond donors (Lipinski definition) is 2. The molecule has 3 heterocycles. The van der Waals surface area contributed by atoms with Gasteiger partial charge in [0.05, 0.1) is 12.4 Å². The molecule has 2 aromatic heterocycles. The number of hydrogen-bond acceptors (Lipinski definition) is 4. The molecule has 2 atom stereocenters. The summed E-state index contributed by atoms with van der Waals surface area (Å²) in [6.07, 6.45) is 7.90. The summed E-state index contributed by atoms with van der Waals surface area (Å²) >= 11 is 1.76. The standard InChI is InChI=1S/C17H25N5OS/c1-14(12-21-9-6-18-13-21)20-17(23)19-11-15(16-5-4-10-24-16)22-7-2-3-8-22/h4-6,9-10,13-15H,2-3,7-8,11-12H2,1H3,(H2,19,20,23)/t14-,15-/m0/s1. The fourth-order valence-corrected chi connectivity index (χ4v) is 4.03. The van der Waals surface area contributed by atoms with Crippen LogP contribution in [-0.2, 0) is 6.54 Å². The van der Waals surface area contributed by atoms with Crippen LogP contribution < -0.4 is 10.6 Å². The Balaban J connectivity index is 1.49. The van der Waals surface area contributed by atoms with E-state index >= 15 is 0 Å². The van der Waals surface area contributed by atoms with E-state index < -0.39 is 0 Å². The Morgan fingerprint density at radius 3 is 2.92 bits per heavy atom. The molecule has 24 heavy (non-hydrogen) atoms. The van der Waals surface area contributed by atoms with Gasteiger partial charge in [0.25, 0.3) is 0 Å². The van der Waals surface area contributed by atoms with Crippen molar-refractivity contribution in [3.05, 3.63) is 41.1 Å². The predicted octanol–water partition coefficient (Wildman–Crippen LogP) is 2.47. The van der Waals surface area contributed by atoms with Gasteiger partial charge < -0.3 is 15.2 Å². The van der Waals surface area contributed by atoms with E-state index in [-0.39, 0.29) is 18.1 Å². The average Bonchev–Trinajstić information content (AvgIpc) is 3.31. The molecule has 2 aromatic rings. The van der Waals surface area contributed by atoms with Crippen LogP contribution in [0.2, 0.25) is 0 Å². The van der Waals surface area contributed by atoms with E-state index in [1.165, 1.54) is 17.7 Å². The lowest BCUT2D eigenvalue weighted by Crippen LogP contribution is -2.45. The summed E-state index contributed by atoms with van der Waals surface area (Å²) in [7, 11) is 0. The van der Waals surface area contributed by atoms with Crippen molar-refractivity contribution in [3.63, 3.8) is 0 Å². The van der Waals surface area contributed by atoms with Crippen LogP contribution in [0.1, 0.15) is 30.7 Å². The van der Waals surface area contributed by atoms with Crippen LogP contribution in [0.5, 0.6) is 0 Å². The lowest BCUT2D eigenvalue weighted by Gasteiger charge is -2.27. The van der Waals surface area contributed by atoms with Crippen LogP contribution in [-0.4, -0.2) is 46.2 Å². The number of urea groups is 1. The molecule has 1 fully saturated rings. The summed E-state index contributed by atoms with van der Waals surface area (Å²) < 4.78 is 1.96. The largest absolute Gasteiger partial charge is 0.336 e. The highest BCUT2D eigenvalue weighted by molar-refractivity contribution is 7.10. The zero-order valence-electron chi connectivity index (χ0n) is 14.0. The Morgan fingerprint density at radius 1 is 1.42 bits per heavy atom. The molecule has 0 aliphatic carbocycles. The van der Waals surface area contributed by atoms with Crippen molar-refractivity contribution in [2.45, 2.75) is 38.4 Å². The molecule has 3 rings (SSSR count). The minimum absolute atomic E-state index is 0.0474. The van der Waals surface area contributed by atoms with Gasteiger partial charge in [-0.1, -0.05) is 6.07 Å². The van der Waals surface area contributed by atoms with Gasteiger partial charge in [-0.2, -0.15) is 0 Å². The van der Waals surface area contributed by atoms with E-state index in [0.29, 0.717) is 13.1 Å². The summed E-state index contributed by atoms with van der Waals surface area (Å²) in [6, 6.07) is 4.46. The summed E-state index contributed by atoms with van der Waals surface area (Å²) in [6.45, 7) is 5.58. The monoisotopic (exact) mass is 347 g/mol. The van der Waals surface area contributed by atoms with Crippen molar-refractivity contribution in [1.29, 1.82) is 0 Å². The molecular weight excluding hydrogens is 322 g/mol. The van der Waals surface area contributed by atoms with E-state index in [1.54, 1.807) is 23.9 Å². The van der Waals surface area contributed by atoms with Crippen molar-refractivity contribution in [2.24, 2.45) is 0 Å². The molecule has 7 heteroatoms. The molecule has 130 valence electrons. The maximum Gasteiger partial charge on any atom is 0.315 e.